The first-order valence-corrected chi connectivity index (χ1v) is 5.80. The van der Waals surface area contributed by atoms with Crippen molar-refractivity contribution in [1.82, 2.24) is 0 Å². The molecule has 5 heteroatoms. The molecular weight excluding hydrogens is 236 g/mol. The lowest BCUT2D eigenvalue weighted by Crippen LogP contribution is -2.33. The zero-order chi connectivity index (χ0) is 13.0. The van der Waals surface area contributed by atoms with Crippen LogP contribution in [0.3, 0.4) is 0 Å². The SMILES string of the molecule is C=C/C=C\C=C\C(=O)OC1COC2C(O)COC12. The van der Waals surface area contributed by atoms with E-state index in [2.05, 4.69) is 6.58 Å². The Bertz CT molecular complexity index is 374. The van der Waals surface area contributed by atoms with Gasteiger partial charge in [0.1, 0.15) is 18.3 Å². The van der Waals surface area contributed by atoms with Crippen LogP contribution in [0.25, 0.3) is 0 Å². The Hall–Kier alpha value is -1.43. The molecule has 5 nitrogen and oxygen atoms in total. The number of hydrogen-bond acceptors (Lipinski definition) is 5. The summed E-state index contributed by atoms with van der Waals surface area (Å²) < 4.78 is 15.9. The van der Waals surface area contributed by atoms with Crippen LogP contribution in [0.2, 0.25) is 0 Å². The highest BCUT2D eigenvalue weighted by Gasteiger charge is 2.48. The summed E-state index contributed by atoms with van der Waals surface area (Å²) in [4.78, 5) is 11.5. The van der Waals surface area contributed by atoms with E-state index in [0.29, 0.717) is 0 Å². The van der Waals surface area contributed by atoms with Gasteiger partial charge in [-0.3, -0.25) is 0 Å². The summed E-state index contributed by atoms with van der Waals surface area (Å²) >= 11 is 0. The number of hydrogen-bond donors (Lipinski definition) is 1. The van der Waals surface area contributed by atoms with E-state index in [9.17, 15) is 9.90 Å². The van der Waals surface area contributed by atoms with E-state index < -0.39 is 18.2 Å². The van der Waals surface area contributed by atoms with Crippen molar-refractivity contribution in [3.63, 3.8) is 0 Å². The summed E-state index contributed by atoms with van der Waals surface area (Å²) in [6, 6.07) is 0. The van der Waals surface area contributed by atoms with E-state index >= 15 is 0 Å². The fraction of sp³-hybridized carbons (Fsp3) is 0.462. The molecular formula is C13H16O5. The number of aliphatic hydroxyl groups excluding tert-OH is 1. The number of rotatable bonds is 4. The molecule has 4 atom stereocenters. The minimum absolute atomic E-state index is 0.224. The first-order chi connectivity index (χ1) is 8.72. The lowest BCUT2D eigenvalue weighted by molar-refractivity contribution is -0.147. The fourth-order valence-electron chi connectivity index (χ4n) is 2.01. The normalized spacial score (nSPS) is 35.2. The molecule has 0 bridgehead atoms. The maximum absolute atomic E-state index is 11.5. The third-order valence-electron chi connectivity index (χ3n) is 2.84. The van der Waals surface area contributed by atoms with Crippen LogP contribution >= 0.6 is 0 Å². The summed E-state index contributed by atoms with van der Waals surface area (Å²) in [7, 11) is 0. The quantitative estimate of drug-likeness (QED) is 0.444. The van der Waals surface area contributed by atoms with Crippen molar-refractivity contribution in [1.29, 1.82) is 0 Å². The summed E-state index contributed by atoms with van der Waals surface area (Å²) in [5, 5.41) is 9.53. The van der Waals surface area contributed by atoms with Gasteiger partial charge in [-0.05, 0) is 0 Å². The van der Waals surface area contributed by atoms with Gasteiger partial charge < -0.3 is 19.3 Å². The summed E-state index contributed by atoms with van der Waals surface area (Å²) in [6.45, 7) is 3.99. The largest absolute Gasteiger partial charge is 0.454 e. The first kappa shape index (κ1) is 13.0. The van der Waals surface area contributed by atoms with Crippen LogP contribution in [0, 0.1) is 0 Å². The molecule has 0 radical (unpaired) electrons. The van der Waals surface area contributed by atoms with E-state index in [4.69, 9.17) is 14.2 Å². The third-order valence-corrected chi connectivity index (χ3v) is 2.84. The molecule has 2 fully saturated rings. The molecule has 2 rings (SSSR count). The van der Waals surface area contributed by atoms with Gasteiger partial charge in [0, 0.05) is 6.08 Å². The van der Waals surface area contributed by atoms with Crippen molar-refractivity contribution in [2.75, 3.05) is 13.2 Å². The molecule has 98 valence electrons. The smallest absolute Gasteiger partial charge is 0.331 e. The molecule has 2 saturated heterocycles. The number of fused-ring (bicyclic) bond motifs is 1. The molecule has 2 aliphatic rings. The maximum atomic E-state index is 11.5. The van der Waals surface area contributed by atoms with Crippen LogP contribution in [0.4, 0.5) is 0 Å². The Morgan fingerprint density at radius 3 is 2.78 bits per heavy atom. The second-order valence-electron chi connectivity index (χ2n) is 4.12. The van der Waals surface area contributed by atoms with Crippen LogP contribution < -0.4 is 0 Å². The van der Waals surface area contributed by atoms with Crippen molar-refractivity contribution >= 4 is 5.97 Å². The van der Waals surface area contributed by atoms with Crippen LogP contribution in [0.1, 0.15) is 0 Å². The standard InChI is InChI=1S/C13H16O5/c1-2-3-4-5-6-11(15)18-10-8-17-12-9(14)7-16-13(10)12/h2-6,9-10,12-14H,1,7-8H2/b4-3-,6-5+. The molecule has 1 N–H and O–H groups in total. The molecule has 0 aromatic rings. The van der Waals surface area contributed by atoms with Crippen molar-refractivity contribution in [3.05, 3.63) is 37.0 Å². The third kappa shape index (κ3) is 2.87. The Labute approximate surface area is 105 Å². The second-order valence-corrected chi connectivity index (χ2v) is 4.12. The Morgan fingerprint density at radius 2 is 2.00 bits per heavy atom. The van der Waals surface area contributed by atoms with Gasteiger partial charge in [-0.15, -0.1) is 0 Å². The minimum atomic E-state index is -0.634. The lowest BCUT2D eigenvalue weighted by atomic mass is 10.1. The van der Waals surface area contributed by atoms with Gasteiger partial charge in [0.2, 0.25) is 0 Å². The molecule has 18 heavy (non-hydrogen) atoms. The zero-order valence-corrected chi connectivity index (χ0v) is 9.90. The Kier molecular flexibility index (Phi) is 4.30. The number of esters is 1. The monoisotopic (exact) mass is 252 g/mol. The fourth-order valence-corrected chi connectivity index (χ4v) is 2.01. The van der Waals surface area contributed by atoms with Crippen LogP contribution in [-0.2, 0) is 19.0 Å². The summed E-state index contributed by atoms with van der Waals surface area (Å²) in [5.74, 6) is -0.456. The van der Waals surface area contributed by atoms with E-state index in [1.165, 1.54) is 6.08 Å². The maximum Gasteiger partial charge on any atom is 0.331 e. The lowest BCUT2D eigenvalue weighted by Gasteiger charge is -2.15. The number of allylic oxidation sites excluding steroid dienone is 4. The van der Waals surface area contributed by atoms with Gasteiger partial charge in [-0.25, -0.2) is 4.79 Å². The molecule has 4 unspecified atom stereocenters. The second kappa shape index (κ2) is 5.95. The van der Waals surface area contributed by atoms with Gasteiger partial charge in [-0.1, -0.05) is 30.9 Å². The van der Waals surface area contributed by atoms with Crippen LogP contribution in [0.5, 0.6) is 0 Å². The molecule has 0 saturated carbocycles. The van der Waals surface area contributed by atoms with Gasteiger partial charge in [0.25, 0.3) is 0 Å². The molecule has 0 aromatic heterocycles. The van der Waals surface area contributed by atoms with Gasteiger partial charge in [0.15, 0.2) is 6.10 Å². The van der Waals surface area contributed by atoms with Crippen LogP contribution in [-0.4, -0.2) is 48.7 Å². The Balaban J connectivity index is 1.83. The summed E-state index contributed by atoms with van der Waals surface area (Å²) in [5.41, 5.74) is 0. The molecule has 0 spiro atoms. The average molecular weight is 252 g/mol. The topological polar surface area (TPSA) is 65.0 Å². The van der Waals surface area contributed by atoms with Crippen LogP contribution in [0.15, 0.2) is 37.0 Å². The number of carbonyl (C=O) groups is 1. The minimum Gasteiger partial charge on any atom is -0.454 e. The highest BCUT2D eigenvalue weighted by Crippen LogP contribution is 2.28. The molecule has 0 amide bonds. The average Bonchev–Trinajstić information content (AvgIpc) is 2.90. The predicted molar refractivity (Wildman–Crippen MR) is 63.8 cm³/mol. The molecule has 2 aliphatic heterocycles. The highest BCUT2D eigenvalue weighted by atomic mass is 16.6. The van der Waals surface area contributed by atoms with Crippen molar-refractivity contribution < 1.29 is 24.1 Å². The van der Waals surface area contributed by atoms with Gasteiger partial charge in [0.05, 0.1) is 13.2 Å². The van der Waals surface area contributed by atoms with Crippen molar-refractivity contribution in [2.24, 2.45) is 0 Å². The van der Waals surface area contributed by atoms with Gasteiger partial charge >= 0.3 is 5.97 Å². The first-order valence-electron chi connectivity index (χ1n) is 5.80. The van der Waals surface area contributed by atoms with E-state index in [1.807, 2.05) is 0 Å². The summed E-state index contributed by atoms with van der Waals surface area (Å²) in [6.07, 6.45) is 6.05. The van der Waals surface area contributed by atoms with E-state index in [-0.39, 0.29) is 25.4 Å². The Morgan fingerprint density at radius 1 is 1.22 bits per heavy atom. The highest BCUT2D eigenvalue weighted by molar-refractivity contribution is 5.82. The molecule has 2 heterocycles. The van der Waals surface area contributed by atoms with Crippen molar-refractivity contribution in [3.8, 4) is 0 Å². The predicted octanol–water partition coefficient (Wildman–Crippen LogP) is 0.355. The van der Waals surface area contributed by atoms with E-state index in [0.717, 1.165) is 0 Å². The van der Waals surface area contributed by atoms with Gasteiger partial charge in [-0.2, -0.15) is 0 Å². The zero-order valence-electron chi connectivity index (χ0n) is 9.90. The molecule has 0 aromatic carbocycles. The number of ether oxygens (including phenoxy) is 3. The molecule has 0 aliphatic carbocycles. The number of aliphatic hydroxyl groups is 1. The number of carbonyl (C=O) groups excluding carboxylic acids is 1. The van der Waals surface area contributed by atoms with E-state index in [1.54, 1.807) is 24.3 Å². The van der Waals surface area contributed by atoms with Crippen molar-refractivity contribution in [2.45, 2.75) is 24.4 Å².